The Balaban J connectivity index is 1.11. The van der Waals surface area contributed by atoms with Crippen molar-refractivity contribution in [3.8, 4) is 0 Å². The number of amides is 4. The number of imide groups is 1. The van der Waals surface area contributed by atoms with E-state index in [0.29, 0.717) is 49.9 Å². The van der Waals surface area contributed by atoms with Gasteiger partial charge in [-0.05, 0) is 50.7 Å². The molecular formula is C27H35ClN6O5. The maximum absolute atomic E-state index is 13.1. The molecule has 2 aromatic rings. The number of anilines is 2. The van der Waals surface area contributed by atoms with Crippen LogP contribution in [-0.2, 0) is 21.4 Å². The Morgan fingerprint density at radius 1 is 1.10 bits per heavy atom. The number of fused-ring (bicyclic) bond motifs is 1. The van der Waals surface area contributed by atoms with Crippen LogP contribution in [0.3, 0.4) is 0 Å². The Hall–Kier alpha value is -2.89. The van der Waals surface area contributed by atoms with Crippen LogP contribution in [0.1, 0.15) is 51.4 Å². The third-order valence-electron chi connectivity index (χ3n) is 8.94. The lowest BCUT2D eigenvalue weighted by atomic mass is 9.85. The first kappa shape index (κ1) is 26.3. The second-order valence-electron chi connectivity index (χ2n) is 11.4. The van der Waals surface area contributed by atoms with Gasteiger partial charge in [-0.3, -0.25) is 24.5 Å². The number of piperidine rings is 2. The average molecular weight is 559 g/mol. The molecule has 1 aromatic heterocycles. The summed E-state index contributed by atoms with van der Waals surface area (Å²) in [6.07, 6.45) is 5.21. The van der Waals surface area contributed by atoms with Gasteiger partial charge in [0.2, 0.25) is 11.8 Å². The van der Waals surface area contributed by atoms with Gasteiger partial charge in [-0.15, -0.1) is 0 Å². The van der Waals surface area contributed by atoms with E-state index in [4.69, 9.17) is 16.3 Å². The zero-order valence-electron chi connectivity index (χ0n) is 22.2. The van der Waals surface area contributed by atoms with E-state index >= 15 is 0 Å². The van der Waals surface area contributed by atoms with Gasteiger partial charge in [-0.1, -0.05) is 11.6 Å². The fraction of sp³-hybridized carbons (Fsp3) is 0.630. The van der Waals surface area contributed by atoms with Crippen LogP contribution in [0.5, 0.6) is 0 Å². The van der Waals surface area contributed by atoms with Crippen molar-refractivity contribution in [3.05, 3.63) is 17.2 Å². The van der Waals surface area contributed by atoms with Crippen LogP contribution < -0.4 is 15.1 Å². The molecule has 4 aliphatic rings. The summed E-state index contributed by atoms with van der Waals surface area (Å²) < 4.78 is 7.68. The largest absolute Gasteiger partial charge is 0.389 e. The summed E-state index contributed by atoms with van der Waals surface area (Å²) in [6.45, 7) is 3.59. The second kappa shape index (κ2) is 9.94. The van der Waals surface area contributed by atoms with E-state index in [1.54, 1.807) is 17.8 Å². The van der Waals surface area contributed by atoms with Crippen molar-refractivity contribution < 1.29 is 24.2 Å². The van der Waals surface area contributed by atoms with Crippen molar-refractivity contribution in [1.82, 2.24) is 20.0 Å². The highest BCUT2D eigenvalue weighted by molar-refractivity contribution is 6.34. The van der Waals surface area contributed by atoms with Gasteiger partial charge in [0.1, 0.15) is 0 Å². The van der Waals surface area contributed by atoms with Crippen molar-refractivity contribution in [2.24, 2.45) is 7.05 Å². The van der Waals surface area contributed by atoms with Gasteiger partial charge < -0.3 is 19.6 Å². The summed E-state index contributed by atoms with van der Waals surface area (Å²) in [5.41, 5.74) is 0.553. The number of hydrogen-bond acceptors (Lipinski definition) is 7. The van der Waals surface area contributed by atoms with Crippen molar-refractivity contribution >= 4 is 51.9 Å². The highest BCUT2D eigenvalue weighted by atomic mass is 35.5. The first-order valence-electron chi connectivity index (χ1n) is 13.8. The van der Waals surface area contributed by atoms with E-state index < -0.39 is 11.6 Å². The van der Waals surface area contributed by atoms with E-state index in [9.17, 15) is 19.5 Å². The highest BCUT2D eigenvalue weighted by Crippen LogP contribution is 2.39. The van der Waals surface area contributed by atoms with Crippen LogP contribution in [0.4, 0.5) is 16.3 Å². The molecule has 4 fully saturated rings. The number of aromatic nitrogens is 2. The molecule has 4 saturated heterocycles. The number of ether oxygens (including phenoxy) is 1. The van der Waals surface area contributed by atoms with Gasteiger partial charge in [0.15, 0.2) is 5.82 Å². The van der Waals surface area contributed by atoms with E-state index in [-0.39, 0.29) is 36.8 Å². The Labute approximate surface area is 232 Å². The molecule has 0 aliphatic carbocycles. The predicted molar refractivity (Wildman–Crippen MR) is 146 cm³/mol. The SMILES string of the molecule is Cn1nc(N2CCC(=O)NC2=O)c2cc(Cl)c(N3CCC(O)(CC(=O)N4CCC5(CCCO5)CC4)CC3)cc21. The number of nitrogens with one attached hydrogen (secondary N) is 1. The third kappa shape index (κ3) is 4.96. The molecule has 2 N–H and O–H groups in total. The number of benzene rings is 1. The van der Waals surface area contributed by atoms with E-state index in [1.807, 2.05) is 11.0 Å². The lowest BCUT2D eigenvalue weighted by Crippen LogP contribution is -2.50. The smallest absolute Gasteiger partial charge is 0.329 e. The summed E-state index contributed by atoms with van der Waals surface area (Å²) in [4.78, 5) is 42.5. The number of carbonyl (C=O) groups excluding carboxylic acids is 3. The summed E-state index contributed by atoms with van der Waals surface area (Å²) >= 11 is 6.74. The minimum absolute atomic E-state index is 0.0177. The van der Waals surface area contributed by atoms with Crippen LogP contribution in [0.2, 0.25) is 5.02 Å². The molecule has 11 nitrogen and oxygen atoms in total. The third-order valence-corrected chi connectivity index (χ3v) is 9.24. The number of urea groups is 1. The number of likely N-dealkylation sites (tertiary alicyclic amines) is 1. The van der Waals surface area contributed by atoms with Gasteiger partial charge >= 0.3 is 6.03 Å². The summed E-state index contributed by atoms with van der Waals surface area (Å²) in [6, 6.07) is 3.26. The van der Waals surface area contributed by atoms with Gasteiger partial charge in [0, 0.05) is 58.2 Å². The standard InChI is InChI=1S/C27H35ClN6O5/c1-31-20-16-21(19(28)15-18(20)24(30-31)34-9-3-22(35)29-25(34)37)32-10-5-26(38,6-11-32)17-23(36)33-12-7-27(8-13-33)4-2-14-39-27/h15-16,38H,2-14,17H2,1H3,(H,29,35,37). The van der Waals surface area contributed by atoms with Crippen LogP contribution in [0.25, 0.3) is 10.9 Å². The van der Waals surface area contributed by atoms with Crippen LogP contribution in [0, 0.1) is 0 Å². The van der Waals surface area contributed by atoms with E-state index in [0.717, 1.165) is 48.9 Å². The molecule has 12 heteroatoms. The number of aliphatic hydroxyl groups is 1. The predicted octanol–water partition coefficient (Wildman–Crippen LogP) is 2.57. The number of hydrogen-bond donors (Lipinski definition) is 2. The number of halogens is 1. The molecular weight excluding hydrogens is 524 g/mol. The van der Waals surface area contributed by atoms with Crippen LogP contribution >= 0.6 is 11.6 Å². The van der Waals surface area contributed by atoms with E-state index in [2.05, 4.69) is 15.3 Å². The van der Waals surface area contributed by atoms with Gasteiger partial charge in [0.05, 0.1) is 33.8 Å². The number of carbonyl (C=O) groups is 3. The maximum atomic E-state index is 13.1. The topological polar surface area (TPSA) is 120 Å². The van der Waals surface area contributed by atoms with Crippen LogP contribution in [-0.4, -0.2) is 88.2 Å². The molecule has 210 valence electrons. The molecule has 0 unspecified atom stereocenters. The van der Waals surface area contributed by atoms with Crippen molar-refractivity contribution in [2.45, 2.75) is 62.6 Å². The number of nitrogens with zero attached hydrogens (tertiary/aromatic N) is 5. The molecule has 0 bridgehead atoms. The molecule has 1 spiro atoms. The summed E-state index contributed by atoms with van der Waals surface area (Å²) in [7, 11) is 1.80. The van der Waals surface area contributed by atoms with Gasteiger partial charge in [0.25, 0.3) is 0 Å². The highest BCUT2D eigenvalue weighted by Gasteiger charge is 2.41. The molecule has 6 rings (SSSR count). The summed E-state index contributed by atoms with van der Waals surface area (Å²) in [5, 5.41) is 19.4. The first-order chi connectivity index (χ1) is 18.7. The minimum Gasteiger partial charge on any atom is -0.389 e. The molecule has 5 heterocycles. The molecule has 4 aliphatic heterocycles. The van der Waals surface area contributed by atoms with Crippen molar-refractivity contribution in [2.75, 3.05) is 49.1 Å². The number of aryl methyl sites for hydroxylation is 1. The Morgan fingerprint density at radius 3 is 2.51 bits per heavy atom. The summed E-state index contributed by atoms with van der Waals surface area (Å²) in [5.74, 6) is 0.177. The maximum Gasteiger partial charge on any atom is 0.329 e. The monoisotopic (exact) mass is 558 g/mol. The normalized spacial score (nSPS) is 23.1. The quantitative estimate of drug-likeness (QED) is 0.592. The minimum atomic E-state index is -1.04. The van der Waals surface area contributed by atoms with Crippen molar-refractivity contribution in [1.29, 1.82) is 0 Å². The molecule has 0 saturated carbocycles. The Bertz CT molecular complexity index is 1300. The fourth-order valence-electron chi connectivity index (χ4n) is 6.50. The van der Waals surface area contributed by atoms with Crippen molar-refractivity contribution in [3.63, 3.8) is 0 Å². The average Bonchev–Trinajstić information content (AvgIpc) is 3.48. The molecule has 39 heavy (non-hydrogen) atoms. The van der Waals surface area contributed by atoms with E-state index in [1.165, 1.54) is 4.90 Å². The zero-order valence-corrected chi connectivity index (χ0v) is 23.0. The Kier molecular flexibility index (Phi) is 6.71. The fourth-order valence-corrected chi connectivity index (χ4v) is 6.79. The molecule has 0 radical (unpaired) electrons. The molecule has 4 amide bonds. The molecule has 0 atom stereocenters. The number of rotatable bonds is 4. The van der Waals surface area contributed by atoms with Crippen LogP contribution in [0.15, 0.2) is 12.1 Å². The lowest BCUT2D eigenvalue weighted by Gasteiger charge is -2.42. The lowest BCUT2D eigenvalue weighted by molar-refractivity contribution is -0.142. The molecule has 1 aromatic carbocycles. The first-order valence-corrected chi connectivity index (χ1v) is 14.2. The van der Waals surface area contributed by atoms with Gasteiger partial charge in [-0.25, -0.2) is 4.79 Å². The Morgan fingerprint density at radius 2 is 1.85 bits per heavy atom. The zero-order chi connectivity index (χ0) is 27.4. The second-order valence-corrected chi connectivity index (χ2v) is 11.8. The van der Waals surface area contributed by atoms with Gasteiger partial charge in [-0.2, -0.15) is 5.10 Å².